The lowest BCUT2D eigenvalue weighted by Gasteiger charge is -2.40. The molecule has 0 aliphatic carbocycles. The van der Waals surface area contributed by atoms with E-state index in [1.807, 2.05) is 6.08 Å². The molecule has 0 bridgehead atoms. The topological polar surface area (TPSA) is 149 Å². The lowest BCUT2D eigenvalue weighted by Crippen LogP contribution is -2.60. The van der Waals surface area contributed by atoms with Crippen LogP contribution in [0.3, 0.4) is 0 Å². The second kappa shape index (κ2) is 60.5. The molecule has 1 aliphatic heterocycles. The zero-order valence-electron chi connectivity index (χ0n) is 52.5. The molecular formula is C72H129NO8. The molecule has 1 amide bonds. The molecule has 9 heteroatoms. The first-order valence-corrected chi connectivity index (χ1v) is 34.3. The van der Waals surface area contributed by atoms with Crippen molar-refractivity contribution in [2.45, 2.75) is 352 Å². The van der Waals surface area contributed by atoms with Gasteiger partial charge in [-0.3, -0.25) is 4.79 Å². The van der Waals surface area contributed by atoms with Gasteiger partial charge in [-0.05, 0) is 70.6 Å². The van der Waals surface area contributed by atoms with Gasteiger partial charge in [0.05, 0.1) is 25.4 Å². The number of unbranched alkanes of at least 4 members (excludes halogenated alkanes) is 37. The van der Waals surface area contributed by atoms with Crippen molar-refractivity contribution in [2.75, 3.05) is 13.2 Å². The van der Waals surface area contributed by atoms with E-state index in [1.54, 1.807) is 6.08 Å². The van der Waals surface area contributed by atoms with E-state index in [4.69, 9.17) is 9.47 Å². The minimum absolute atomic E-state index is 0.173. The van der Waals surface area contributed by atoms with E-state index in [9.17, 15) is 30.3 Å². The third-order valence-corrected chi connectivity index (χ3v) is 16.0. The van der Waals surface area contributed by atoms with Gasteiger partial charge in [0.25, 0.3) is 0 Å². The van der Waals surface area contributed by atoms with Gasteiger partial charge in [-0.2, -0.15) is 0 Å². The van der Waals surface area contributed by atoms with E-state index in [2.05, 4.69) is 92.1 Å². The van der Waals surface area contributed by atoms with Crippen molar-refractivity contribution in [1.82, 2.24) is 5.32 Å². The van der Waals surface area contributed by atoms with Crippen LogP contribution >= 0.6 is 0 Å². The van der Waals surface area contributed by atoms with Gasteiger partial charge in [0.1, 0.15) is 24.4 Å². The monoisotopic (exact) mass is 1140 g/mol. The fourth-order valence-electron chi connectivity index (χ4n) is 10.6. The molecule has 0 saturated carbocycles. The largest absolute Gasteiger partial charge is 0.394 e. The molecule has 0 spiro atoms. The predicted molar refractivity (Wildman–Crippen MR) is 345 cm³/mol. The lowest BCUT2D eigenvalue weighted by molar-refractivity contribution is -0.302. The highest BCUT2D eigenvalue weighted by Crippen LogP contribution is 2.23. The fourth-order valence-corrected chi connectivity index (χ4v) is 10.6. The Morgan fingerprint density at radius 2 is 0.765 bits per heavy atom. The van der Waals surface area contributed by atoms with Gasteiger partial charge in [0.2, 0.25) is 5.91 Å². The maximum Gasteiger partial charge on any atom is 0.220 e. The number of nitrogens with one attached hydrogen (secondary N) is 1. The maximum atomic E-state index is 13.1. The Hall–Kier alpha value is -2.63. The second-order valence-electron chi connectivity index (χ2n) is 23.6. The molecule has 1 fully saturated rings. The Morgan fingerprint density at radius 3 is 1.14 bits per heavy atom. The van der Waals surface area contributed by atoms with Crippen LogP contribution < -0.4 is 5.32 Å². The highest BCUT2D eigenvalue weighted by molar-refractivity contribution is 5.76. The first-order chi connectivity index (χ1) is 39.8. The molecule has 0 aromatic carbocycles. The van der Waals surface area contributed by atoms with E-state index >= 15 is 0 Å². The Labute approximate surface area is 499 Å². The molecule has 0 radical (unpaired) electrons. The zero-order valence-corrected chi connectivity index (χ0v) is 52.5. The number of rotatable bonds is 59. The average molecular weight is 1140 g/mol. The number of allylic oxidation sites excluding steroid dienone is 13. The number of ether oxygens (including phenoxy) is 2. The molecule has 81 heavy (non-hydrogen) atoms. The quantitative estimate of drug-likeness (QED) is 0.0261. The summed E-state index contributed by atoms with van der Waals surface area (Å²) >= 11 is 0. The van der Waals surface area contributed by atoms with Crippen LogP contribution in [0, 0.1) is 0 Å². The smallest absolute Gasteiger partial charge is 0.220 e. The normalized spacial score (nSPS) is 18.9. The van der Waals surface area contributed by atoms with Crippen molar-refractivity contribution >= 4 is 5.91 Å². The number of aliphatic hydroxyl groups excluding tert-OH is 5. The van der Waals surface area contributed by atoms with Gasteiger partial charge >= 0.3 is 0 Å². The highest BCUT2D eigenvalue weighted by Gasteiger charge is 2.44. The van der Waals surface area contributed by atoms with Crippen LogP contribution in [-0.4, -0.2) is 87.5 Å². The van der Waals surface area contributed by atoms with Gasteiger partial charge < -0.3 is 40.3 Å². The number of hydrogen-bond donors (Lipinski definition) is 6. The summed E-state index contributed by atoms with van der Waals surface area (Å²) in [6, 6.07) is -0.806. The van der Waals surface area contributed by atoms with Gasteiger partial charge in [-0.25, -0.2) is 0 Å². The number of amides is 1. The van der Waals surface area contributed by atoms with Crippen molar-refractivity contribution in [3.05, 3.63) is 85.1 Å². The van der Waals surface area contributed by atoms with Crippen LogP contribution in [0.4, 0.5) is 0 Å². The van der Waals surface area contributed by atoms with E-state index < -0.39 is 49.5 Å². The maximum absolute atomic E-state index is 13.1. The molecule has 0 aromatic heterocycles. The lowest BCUT2D eigenvalue weighted by atomic mass is 9.99. The summed E-state index contributed by atoms with van der Waals surface area (Å²) in [5.74, 6) is -0.173. The molecule has 1 heterocycles. The van der Waals surface area contributed by atoms with E-state index in [0.717, 1.165) is 77.0 Å². The minimum atomic E-state index is -1.57. The van der Waals surface area contributed by atoms with Crippen LogP contribution in [0.25, 0.3) is 0 Å². The molecule has 0 aromatic rings. The van der Waals surface area contributed by atoms with Crippen LogP contribution in [0.1, 0.15) is 309 Å². The molecule has 7 atom stereocenters. The van der Waals surface area contributed by atoms with E-state index in [0.29, 0.717) is 6.42 Å². The van der Waals surface area contributed by atoms with Crippen molar-refractivity contribution < 1.29 is 39.8 Å². The molecule has 1 rings (SSSR count). The van der Waals surface area contributed by atoms with Gasteiger partial charge in [0, 0.05) is 6.42 Å². The van der Waals surface area contributed by atoms with Crippen molar-refractivity contribution in [2.24, 2.45) is 0 Å². The van der Waals surface area contributed by atoms with Crippen LogP contribution in [0.5, 0.6) is 0 Å². The van der Waals surface area contributed by atoms with Gasteiger partial charge in [0.15, 0.2) is 6.29 Å². The number of carbonyl (C=O) groups excluding carboxylic acids is 1. The third kappa shape index (κ3) is 49.4. The molecule has 9 nitrogen and oxygen atoms in total. The Balaban J connectivity index is 2.06. The van der Waals surface area contributed by atoms with Crippen molar-refractivity contribution in [3.63, 3.8) is 0 Å². The SMILES string of the molecule is CC/C=C\C/C=C\C/C=C\C/C=C\C/C=C\C/C=C\CCCCCCCCCCCCCCCCCCCCCCCCC(=O)NC(COC1OC(CO)C(O)C(O)C1O)C(O)/C=C/CCCCCCCCCCCCCCCCC. The molecular weight excluding hydrogens is 1010 g/mol. The number of aliphatic hydroxyl groups is 5. The standard InChI is InChI=1S/C72H129NO8/c1-3-5-7-9-11-13-15-17-19-21-22-23-24-25-26-27-28-29-30-31-32-33-34-35-36-37-38-39-40-41-42-43-44-46-48-50-52-54-56-58-60-62-68(76)73-65(64-80-72-71(79)70(78)69(77)67(63-74)81-72)66(75)61-59-57-55-53-51-49-47-45-20-18-16-14-12-10-8-6-4-2/h5,7,11,13,17,19,22-23,25-26,28-29,59,61,65-67,69-72,74-75,77-79H,3-4,6,8-10,12,14-16,18,20-21,24,27,30-58,60,62-64H2,1-2H3,(H,73,76)/b7-5-,13-11-,19-17-,23-22-,26-25-,29-28-,61-59+. The summed E-state index contributed by atoms with van der Waals surface area (Å²) < 4.78 is 11.3. The van der Waals surface area contributed by atoms with Gasteiger partial charge in [-0.15, -0.1) is 0 Å². The number of carbonyl (C=O) groups is 1. The van der Waals surface area contributed by atoms with Crippen LogP contribution in [0.15, 0.2) is 85.1 Å². The summed E-state index contributed by atoms with van der Waals surface area (Å²) in [6.07, 6.45) is 79.7. The summed E-state index contributed by atoms with van der Waals surface area (Å²) in [6.45, 7) is 3.69. The molecule has 470 valence electrons. The first-order valence-electron chi connectivity index (χ1n) is 34.3. The van der Waals surface area contributed by atoms with E-state index in [1.165, 1.54) is 212 Å². The summed E-state index contributed by atoms with van der Waals surface area (Å²) in [7, 11) is 0. The molecule has 1 saturated heterocycles. The van der Waals surface area contributed by atoms with E-state index in [-0.39, 0.29) is 12.5 Å². The van der Waals surface area contributed by atoms with Crippen LogP contribution in [0.2, 0.25) is 0 Å². The minimum Gasteiger partial charge on any atom is -0.394 e. The average Bonchev–Trinajstić information content (AvgIpc) is 3.49. The Morgan fingerprint density at radius 1 is 0.432 bits per heavy atom. The summed E-state index contributed by atoms with van der Waals surface area (Å²) in [5, 5.41) is 54.6. The highest BCUT2D eigenvalue weighted by atomic mass is 16.7. The Kier molecular flexibility index (Phi) is 57.0. The molecule has 6 N–H and O–H groups in total. The van der Waals surface area contributed by atoms with Crippen molar-refractivity contribution in [1.29, 1.82) is 0 Å². The summed E-state index contributed by atoms with van der Waals surface area (Å²) in [5.41, 5.74) is 0. The van der Waals surface area contributed by atoms with Crippen molar-refractivity contribution in [3.8, 4) is 0 Å². The number of hydrogen-bond acceptors (Lipinski definition) is 8. The second-order valence-corrected chi connectivity index (χ2v) is 23.6. The first kappa shape index (κ1) is 76.4. The zero-order chi connectivity index (χ0) is 58.6. The molecule has 7 unspecified atom stereocenters. The predicted octanol–water partition coefficient (Wildman–Crippen LogP) is 18.5. The Bertz CT molecular complexity index is 1550. The summed E-state index contributed by atoms with van der Waals surface area (Å²) in [4.78, 5) is 13.1. The van der Waals surface area contributed by atoms with Gasteiger partial charge in [-0.1, -0.05) is 317 Å². The fraction of sp³-hybridized carbons (Fsp3) is 0.792. The third-order valence-electron chi connectivity index (χ3n) is 16.0. The molecule has 1 aliphatic rings. The van der Waals surface area contributed by atoms with Crippen LogP contribution in [-0.2, 0) is 14.3 Å².